The average molecular weight is 437 g/mol. The van der Waals surface area contributed by atoms with E-state index < -0.39 is 5.60 Å². The minimum atomic E-state index is -0.414. The van der Waals surface area contributed by atoms with Crippen molar-refractivity contribution < 1.29 is 23.7 Å². The second kappa shape index (κ2) is 6.92. The molecule has 3 heterocycles. The molecule has 0 saturated heterocycles. The van der Waals surface area contributed by atoms with Crippen molar-refractivity contribution in [3.05, 3.63) is 45.8 Å². The highest BCUT2D eigenvalue weighted by molar-refractivity contribution is 5.94. The Labute approximate surface area is 186 Å². The van der Waals surface area contributed by atoms with Gasteiger partial charge in [0.15, 0.2) is 0 Å². The minimum absolute atomic E-state index is 0.0471. The van der Waals surface area contributed by atoms with Crippen LogP contribution in [0.25, 0.3) is 22.1 Å². The molecule has 0 aliphatic carbocycles. The number of fused-ring (bicyclic) bond motifs is 6. The Morgan fingerprint density at radius 1 is 0.938 bits per heavy atom. The molecule has 1 N–H and O–H groups in total. The van der Waals surface area contributed by atoms with E-state index in [0.29, 0.717) is 28.0 Å². The van der Waals surface area contributed by atoms with E-state index in [1.165, 1.54) is 19.4 Å². The molecule has 0 amide bonds. The molecule has 0 bridgehead atoms. The molecule has 6 heteroatoms. The zero-order chi connectivity index (χ0) is 22.8. The normalized spacial score (nSPS) is 18.3. The summed E-state index contributed by atoms with van der Waals surface area (Å²) in [4.78, 5) is 13.8. The first-order valence-electron chi connectivity index (χ1n) is 11.0. The van der Waals surface area contributed by atoms with Crippen LogP contribution in [0.2, 0.25) is 0 Å². The molecule has 0 saturated carbocycles. The predicted octanol–water partition coefficient (Wildman–Crippen LogP) is 5.38. The second-order valence-electron chi connectivity index (χ2n) is 9.90. The van der Waals surface area contributed by atoms with Crippen LogP contribution < -0.4 is 19.6 Å². The van der Waals surface area contributed by atoms with Gasteiger partial charge in [0.05, 0.1) is 12.7 Å². The quantitative estimate of drug-likeness (QED) is 0.581. The Morgan fingerprint density at radius 3 is 2.25 bits per heavy atom. The van der Waals surface area contributed by atoms with Gasteiger partial charge in [-0.05, 0) is 65.5 Å². The van der Waals surface area contributed by atoms with E-state index in [9.17, 15) is 9.90 Å². The molecular weight excluding hydrogens is 408 g/mol. The van der Waals surface area contributed by atoms with Crippen molar-refractivity contribution in [3.8, 4) is 34.1 Å². The van der Waals surface area contributed by atoms with E-state index >= 15 is 0 Å². The summed E-state index contributed by atoms with van der Waals surface area (Å²) in [7, 11) is 1.52. The first-order valence-corrected chi connectivity index (χ1v) is 11.0. The summed E-state index contributed by atoms with van der Waals surface area (Å²) < 4.78 is 24.0. The van der Waals surface area contributed by atoms with Gasteiger partial charge in [-0.1, -0.05) is 0 Å². The first-order chi connectivity index (χ1) is 15.1. The number of benzene rings is 2. The molecule has 2 aromatic carbocycles. The zero-order valence-electron chi connectivity index (χ0n) is 19.1. The van der Waals surface area contributed by atoms with Crippen LogP contribution in [0.3, 0.4) is 0 Å². The molecule has 2 aliphatic heterocycles. The van der Waals surface area contributed by atoms with E-state index in [1.54, 1.807) is 12.1 Å². The zero-order valence-corrected chi connectivity index (χ0v) is 19.1. The van der Waals surface area contributed by atoms with Gasteiger partial charge in [0.2, 0.25) is 5.43 Å². The van der Waals surface area contributed by atoms with Gasteiger partial charge in [-0.15, -0.1) is 0 Å². The summed E-state index contributed by atoms with van der Waals surface area (Å²) in [5.41, 5.74) is 2.10. The van der Waals surface area contributed by atoms with E-state index in [-0.39, 0.29) is 22.3 Å². The van der Waals surface area contributed by atoms with Gasteiger partial charge >= 0.3 is 0 Å². The fourth-order valence-corrected chi connectivity index (χ4v) is 4.68. The second-order valence-corrected chi connectivity index (χ2v) is 9.90. The number of phenols is 1. The lowest BCUT2D eigenvalue weighted by atomic mass is 9.86. The van der Waals surface area contributed by atoms with Crippen LogP contribution in [-0.4, -0.2) is 23.4 Å². The van der Waals surface area contributed by atoms with Crippen molar-refractivity contribution in [1.29, 1.82) is 0 Å². The van der Waals surface area contributed by atoms with Crippen molar-refractivity contribution in [1.82, 2.24) is 0 Å². The molecule has 168 valence electrons. The summed E-state index contributed by atoms with van der Waals surface area (Å²) >= 11 is 0. The highest BCUT2D eigenvalue weighted by atomic mass is 16.5. The van der Waals surface area contributed by atoms with Crippen LogP contribution in [-0.2, 0) is 12.8 Å². The standard InChI is InChI=1S/C26H28O6/c1-25(2)10-8-16-22(31-25)17-9-11-26(3,4)32-24(17)20-21(28)18(13-30-23(16)20)15-7-6-14(29-5)12-19(15)27/h6-7,12-13,27H,8-11H2,1-5H3. The highest BCUT2D eigenvalue weighted by Crippen LogP contribution is 2.49. The lowest BCUT2D eigenvalue weighted by molar-refractivity contribution is 0.0682. The number of hydrogen-bond donors (Lipinski definition) is 1. The van der Waals surface area contributed by atoms with E-state index in [4.69, 9.17) is 18.6 Å². The molecule has 6 nitrogen and oxygen atoms in total. The third-order valence-electron chi connectivity index (χ3n) is 6.52. The molecule has 2 aliphatic rings. The first kappa shape index (κ1) is 20.7. The number of hydrogen-bond acceptors (Lipinski definition) is 6. The molecule has 3 aromatic rings. The Hall–Kier alpha value is -3.15. The van der Waals surface area contributed by atoms with Gasteiger partial charge < -0.3 is 23.7 Å². The van der Waals surface area contributed by atoms with Gasteiger partial charge in [-0.25, -0.2) is 0 Å². The molecule has 0 atom stereocenters. The Bertz CT molecular complexity index is 1300. The molecule has 0 fully saturated rings. The smallest absolute Gasteiger partial charge is 0.204 e. The average Bonchev–Trinajstić information content (AvgIpc) is 2.72. The summed E-state index contributed by atoms with van der Waals surface area (Å²) in [6, 6.07) is 4.85. The van der Waals surface area contributed by atoms with Gasteiger partial charge in [0.1, 0.15) is 51.4 Å². The third-order valence-corrected chi connectivity index (χ3v) is 6.52. The number of ether oxygens (including phenoxy) is 3. The lowest BCUT2D eigenvalue weighted by Gasteiger charge is -2.39. The number of phenolic OH excluding ortho intramolecular Hbond substituents is 1. The van der Waals surface area contributed by atoms with E-state index in [0.717, 1.165) is 42.6 Å². The van der Waals surface area contributed by atoms with Crippen LogP contribution in [0.1, 0.15) is 51.7 Å². The fourth-order valence-electron chi connectivity index (χ4n) is 4.68. The van der Waals surface area contributed by atoms with Crippen molar-refractivity contribution in [2.24, 2.45) is 0 Å². The predicted molar refractivity (Wildman–Crippen MR) is 122 cm³/mol. The van der Waals surface area contributed by atoms with Gasteiger partial charge in [0, 0.05) is 22.8 Å². The Morgan fingerprint density at radius 2 is 1.59 bits per heavy atom. The topological polar surface area (TPSA) is 78.1 Å². The molecule has 0 spiro atoms. The maximum atomic E-state index is 13.8. The molecular formula is C26H28O6. The van der Waals surface area contributed by atoms with Crippen molar-refractivity contribution in [3.63, 3.8) is 0 Å². The minimum Gasteiger partial charge on any atom is -0.507 e. The molecule has 1 aromatic heterocycles. The van der Waals surface area contributed by atoms with Gasteiger partial charge in [0.25, 0.3) is 0 Å². The molecule has 32 heavy (non-hydrogen) atoms. The van der Waals surface area contributed by atoms with Gasteiger partial charge in [-0.3, -0.25) is 4.79 Å². The number of rotatable bonds is 2. The summed E-state index contributed by atoms with van der Waals surface area (Å²) in [6.07, 6.45) is 4.59. The number of aryl methyl sites for hydroxylation is 1. The monoisotopic (exact) mass is 436 g/mol. The summed E-state index contributed by atoms with van der Waals surface area (Å²) in [5.74, 6) is 1.79. The lowest BCUT2D eigenvalue weighted by Crippen LogP contribution is -2.37. The molecule has 0 unspecified atom stereocenters. The number of methoxy groups -OCH3 is 1. The summed E-state index contributed by atoms with van der Waals surface area (Å²) in [5, 5.41) is 11.0. The third kappa shape index (κ3) is 3.20. The van der Waals surface area contributed by atoms with Crippen LogP contribution in [0.15, 0.2) is 33.7 Å². The SMILES string of the molecule is COc1ccc(-c2coc3c4c(c5c(c3c2=O)OC(C)(C)CC5)OC(C)(C)CC4)c(O)c1. The van der Waals surface area contributed by atoms with Crippen molar-refractivity contribution in [2.45, 2.75) is 64.6 Å². The van der Waals surface area contributed by atoms with Crippen molar-refractivity contribution in [2.75, 3.05) is 7.11 Å². The summed E-state index contributed by atoms with van der Waals surface area (Å²) in [6.45, 7) is 8.19. The van der Waals surface area contributed by atoms with Crippen LogP contribution in [0, 0.1) is 0 Å². The highest BCUT2D eigenvalue weighted by Gasteiger charge is 2.38. The van der Waals surface area contributed by atoms with Crippen molar-refractivity contribution >= 4 is 11.0 Å². The van der Waals surface area contributed by atoms with Crippen LogP contribution in [0.5, 0.6) is 23.0 Å². The largest absolute Gasteiger partial charge is 0.507 e. The number of aromatic hydroxyl groups is 1. The molecule has 5 rings (SSSR count). The maximum absolute atomic E-state index is 13.8. The fraction of sp³-hybridized carbons (Fsp3) is 0.423. The van der Waals surface area contributed by atoms with Crippen LogP contribution >= 0.6 is 0 Å². The Balaban J connectivity index is 1.82. The van der Waals surface area contributed by atoms with Crippen LogP contribution in [0.4, 0.5) is 0 Å². The van der Waals surface area contributed by atoms with Gasteiger partial charge in [-0.2, -0.15) is 0 Å². The van der Waals surface area contributed by atoms with E-state index in [1.807, 2.05) is 13.8 Å². The van der Waals surface area contributed by atoms with E-state index in [2.05, 4.69) is 13.8 Å². The maximum Gasteiger partial charge on any atom is 0.204 e. The Kier molecular flexibility index (Phi) is 4.49. The molecule has 0 radical (unpaired) electrons.